The molecule has 2 aromatic rings. The van der Waals surface area contributed by atoms with Gasteiger partial charge in [-0.3, -0.25) is 0 Å². The molecule has 5 nitrogen and oxygen atoms in total. The highest BCUT2D eigenvalue weighted by atomic mass is 15.3. The van der Waals surface area contributed by atoms with Crippen molar-refractivity contribution in [3.05, 3.63) is 24.0 Å². The minimum absolute atomic E-state index is 0.512. The van der Waals surface area contributed by atoms with Gasteiger partial charge in [-0.15, -0.1) is 0 Å². The van der Waals surface area contributed by atoms with Crippen LogP contribution in [0.4, 0.5) is 5.82 Å². The highest BCUT2D eigenvalue weighted by Gasteiger charge is 2.22. The molecule has 2 N–H and O–H groups in total. The number of pyridine rings is 1. The van der Waals surface area contributed by atoms with E-state index in [1.165, 1.54) is 25.7 Å². The zero-order chi connectivity index (χ0) is 12.5. The van der Waals surface area contributed by atoms with Crippen molar-refractivity contribution in [1.82, 2.24) is 19.7 Å². The Balaban J connectivity index is 1.97. The van der Waals surface area contributed by atoms with Gasteiger partial charge in [0.1, 0.15) is 11.5 Å². The fraction of sp³-hybridized carbons (Fsp3) is 0.462. The average molecular weight is 243 g/mol. The smallest absolute Gasteiger partial charge is 0.176 e. The first-order valence-corrected chi connectivity index (χ1v) is 6.38. The first kappa shape index (κ1) is 11.2. The normalized spacial score (nSPS) is 16.3. The Morgan fingerprint density at radius 2 is 2.00 bits per heavy atom. The molecule has 3 rings (SSSR count). The van der Waals surface area contributed by atoms with Crippen molar-refractivity contribution in [1.29, 1.82) is 0 Å². The summed E-state index contributed by atoms with van der Waals surface area (Å²) in [5, 5.41) is 4.52. The SMILES string of the molecule is Cn1nc(C2CCCC2)nc1-c1cccc(N)n1. The number of nitrogens with two attached hydrogens (primary N) is 1. The van der Waals surface area contributed by atoms with Crippen molar-refractivity contribution >= 4 is 5.82 Å². The lowest BCUT2D eigenvalue weighted by atomic mass is 10.1. The fourth-order valence-corrected chi connectivity index (χ4v) is 2.56. The molecular formula is C13H17N5. The Labute approximate surface area is 106 Å². The number of hydrogen-bond donors (Lipinski definition) is 1. The van der Waals surface area contributed by atoms with Gasteiger partial charge in [-0.25, -0.2) is 14.6 Å². The van der Waals surface area contributed by atoms with E-state index in [9.17, 15) is 0 Å². The molecule has 0 unspecified atom stereocenters. The third-order valence-electron chi connectivity index (χ3n) is 3.50. The Morgan fingerprint density at radius 3 is 2.72 bits per heavy atom. The summed E-state index contributed by atoms with van der Waals surface area (Å²) in [4.78, 5) is 8.94. The standard InChI is InChI=1S/C13H17N5/c1-18-13(10-7-4-8-11(14)15-10)16-12(17-18)9-5-2-3-6-9/h4,7-9H,2-3,5-6H2,1H3,(H2,14,15). The zero-order valence-corrected chi connectivity index (χ0v) is 10.5. The second-order valence-electron chi connectivity index (χ2n) is 4.85. The highest BCUT2D eigenvalue weighted by molar-refractivity contribution is 5.52. The monoisotopic (exact) mass is 243 g/mol. The fourth-order valence-electron chi connectivity index (χ4n) is 2.56. The van der Waals surface area contributed by atoms with Gasteiger partial charge in [0.25, 0.3) is 0 Å². The maximum atomic E-state index is 5.71. The number of hydrogen-bond acceptors (Lipinski definition) is 4. The van der Waals surface area contributed by atoms with Gasteiger partial charge in [-0.1, -0.05) is 18.9 Å². The number of aromatic nitrogens is 4. The molecule has 0 amide bonds. The van der Waals surface area contributed by atoms with Crippen molar-refractivity contribution < 1.29 is 0 Å². The van der Waals surface area contributed by atoms with Crippen LogP contribution >= 0.6 is 0 Å². The van der Waals surface area contributed by atoms with Crippen LogP contribution in [0.3, 0.4) is 0 Å². The van der Waals surface area contributed by atoms with Gasteiger partial charge in [0.2, 0.25) is 0 Å². The van der Waals surface area contributed by atoms with Crippen molar-refractivity contribution in [3.8, 4) is 11.5 Å². The van der Waals surface area contributed by atoms with Crippen LogP contribution < -0.4 is 5.73 Å². The van der Waals surface area contributed by atoms with E-state index in [1.54, 1.807) is 10.7 Å². The summed E-state index contributed by atoms with van der Waals surface area (Å²) >= 11 is 0. The molecule has 94 valence electrons. The average Bonchev–Trinajstić information content (AvgIpc) is 2.97. The van der Waals surface area contributed by atoms with Crippen molar-refractivity contribution in [2.24, 2.45) is 7.05 Å². The quantitative estimate of drug-likeness (QED) is 0.877. The van der Waals surface area contributed by atoms with E-state index in [4.69, 9.17) is 5.73 Å². The molecule has 2 aromatic heterocycles. The number of rotatable bonds is 2. The predicted octanol–water partition coefficient (Wildman–Crippen LogP) is 2.12. The van der Waals surface area contributed by atoms with E-state index >= 15 is 0 Å². The molecule has 0 aliphatic heterocycles. The molecule has 1 aliphatic rings. The summed E-state index contributed by atoms with van der Waals surface area (Å²) in [6.07, 6.45) is 4.98. The summed E-state index contributed by atoms with van der Waals surface area (Å²) in [6, 6.07) is 5.58. The van der Waals surface area contributed by atoms with E-state index in [-0.39, 0.29) is 0 Å². The third-order valence-corrected chi connectivity index (χ3v) is 3.50. The van der Waals surface area contributed by atoms with Gasteiger partial charge in [-0.05, 0) is 25.0 Å². The molecular weight excluding hydrogens is 226 g/mol. The van der Waals surface area contributed by atoms with E-state index in [0.29, 0.717) is 11.7 Å². The Bertz CT molecular complexity index is 554. The number of nitrogen functional groups attached to an aromatic ring is 1. The minimum atomic E-state index is 0.512. The zero-order valence-electron chi connectivity index (χ0n) is 10.5. The predicted molar refractivity (Wildman–Crippen MR) is 69.9 cm³/mol. The van der Waals surface area contributed by atoms with Gasteiger partial charge in [-0.2, -0.15) is 5.10 Å². The van der Waals surface area contributed by atoms with Crippen LogP contribution in [0.15, 0.2) is 18.2 Å². The third kappa shape index (κ3) is 1.96. The van der Waals surface area contributed by atoms with Gasteiger partial charge >= 0.3 is 0 Å². The molecule has 1 saturated carbocycles. The first-order valence-electron chi connectivity index (χ1n) is 6.38. The number of anilines is 1. The lowest BCUT2D eigenvalue weighted by Gasteiger charge is -2.00. The summed E-state index contributed by atoms with van der Waals surface area (Å²) in [7, 11) is 1.91. The molecule has 0 aromatic carbocycles. The lowest BCUT2D eigenvalue weighted by molar-refractivity contribution is 0.648. The van der Waals surface area contributed by atoms with Crippen LogP contribution in [0.5, 0.6) is 0 Å². The van der Waals surface area contributed by atoms with Crippen LogP contribution in [0, 0.1) is 0 Å². The summed E-state index contributed by atoms with van der Waals surface area (Å²) in [6.45, 7) is 0. The Hall–Kier alpha value is -1.91. The van der Waals surface area contributed by atoms with Crippen molar-refractivity contribution in [2.75, 3.05) is 5.73 Å². The van der Waals surface area contributed by atoms with E-state index in [0.717, 1.165) is 17.3 Å². The Morgan fingerprint density at radius 1 is 1.22 bits per heavy atom. The topological polar surface area (TPSA) is 69.6 Å². The van der Waals surface area contributed by atoms with Crippen LogP contribution in [-0.4, -0.2) is 19.7 Å². The molecule has 2 heterocycles. The number of nitrogens with zero attached hydrogens (tertiary/aromatic N) is 4. The second kappa shape index (κ2) is 4.40. The van der Waals surface area contributed by atoms with Gasteiger partial charge in [0.05, 0.1) is 0 Å². The molecule has 1 fully saturated rings. The summed E-state index contributed by atoms with van der Waals surface area (Å²) in [5.41, 5.74) is 6.49. The van der Waals surface area contributed by atoms with Gasteiger partial charge in [0, 0.05) is 13.0 Å². The van der Waals surface area contributed by atoms with Crippen LogP contribution in [-0.2, 0) is 7.05 Å². The molecule has 0 saturated heterocycles. The number of aryl methyl sites for hydroxylation is 1. The summed E-state index contributed by atoms with van der Waals surface area (Å²) in [5.74, 6) is 2.78. The second-order valence-corrected chi connectivity index (χ2v) is 4.85. The first-order chi connectivity index (χ1) is 8.74. The maximum Gasteiger partial charge on any atom is 0.176 e. The minimum Gasteiger partial charge on any atom is -0.384 e. The van der Waals surface area contributed by atoms with Crippen molar-refractivity contribution in [2.45, 2.75) is 31.6 Å². The maximum absolute atomic E-state index is 5.71. The summed E-state index contributed by atoms with van der Waals surface area (Å²) < 4.78 is 1.80. The van der Waals surface area contributed by atoms with Crippen LogP contribution in [0.25, 0.3) is 11.5 Å². The lowest BCUT2D eigenvalue weighted by Crippen LogP contribution is -1.98. The van der Waals surface area contributed by atoms with Crippen molar-refractivity contribution in [3.63, 3.8) is 0 Å². The van der Waals surface area contributed by atoms with Gasteiger partial charge in [0.15, 0.2) is 11.6 Å². The highest BCUT2D eigenvalue weighted by Crippen LogP contribution is 2.33. The van der Waals surface area contributed by atoms with Crippen LogP contribution in [0.1, 0.15) is 37.4 Å². The Kier molecular flexibility index (Phi) is 2.74. The molecule has 0 radical (unpaired) electrons. The van der Waals surface area contributed by atoms with Gasteiger partial charge < -0.3 is 5.73 Å². The van der Waals surface area contributed by atoms with E-state index < -0.39 is 0 Å². The largest absolute Gasteiger partial charge is 0.384 e. The molecule has 0 bridgehead atoms. The molecule has 0 atom stereocenters. The molecule has 5 heteroatoms. The molecule has 18 heavy (non-hydrogen) atoms. The molecule has 0 spiro atoms. The van der Waals surface area contributed by atoms with E-state index in [1.807, 2.05) is 19.2 Å². The molecule has 1 aliphatic carbocycles. The van der Waals surface area contributed by atoms with Crippen LogP contribution in [0.2, 0.25) is 0 Å². The van der Waals surface area contributed by atoms with E-state index in [2.05, 4.69) is 15.1 Å².